The quantitative estimate of drug-likeness (QED) is 0.507. The minimum Gasteiger partial charge on any atom is -0.356 e. The Bertz CT molecular complexity index is 297. The molecule has 0 spiro atoms. The van der Waals surface area contributed by atoms with Crippen LogP contribution in [0.2, 0.25) is 0 Å². The average Bonchev–Trinajstić information content (AvgIpc) is 2.45. The SMILES string of the molecule is Cl.NCCCNC(=O)CCCNC(=O)NC1CCCCC1. The second-order valence-corrected chi connectivity index (χ2v) is 5.33. The van der Waals surface area contributed by atoms with E-state index in [0.717, 1.165) is 19.3 Å². The lowest BCUT2D eigenvalue weighted by Gasteiger charge is -2.22. The summed E-state index contributed by atoms with van der Waals surface area (Å²) in [6, 6.07) is 0.212. The number of hydrogen-bond acceptors (Lipinski definition) is 3. The molecular weight excluding hydrogens is 292 g/mol. The molecule has 124 valence electrons. The summed E-state index contributed by atoms with van der Waals surface area (Å²) < 4.78 is 0. The maximum absolute atomic E-state index is 11.6. The lowest BCUT2D eigenvalue weighted by molar-refractivity contribution is -0.121. The van der Waals surface area contributed by atoms with Gasteiger partial charge in [-0.25, -0.2) is 4.79 Å². The van der Waals surface area contributed by atoms with Crippen molar-refractivity contribution in [1.82, 2.24) is 16.0 Å². The zero-order valence-electron chi connectivity index (χ0n) is 12.7. The van der Waals surface area contributed by atoms with Crippen molar-refractivity contribution in [2.24, 2.45) is 5.73 Å². The van der Waals surface area contributed by atoms with E-state index in [4.69, 9.17) is 5.73 Å². The molecule has 1 aliphatic carbocycles. The van der Waals surface area contributed by atoms with E-state index < -0.39 is 0 Å². The van der Waals surface area contributed by atoms with Crippen molar-refractivity contribution in [2.75, 3.05) is 19.6 Å². The summed E-state index contributed by atoms with van der Waals surface area (Å²) in [6.07, 6.45) is 7.74. The molecule has 0 atom stereocenters. The van der Waals surface area contributed by atoms with Gasteiger partial charge in [0.2, 0.25) is 5.91 Å². The van der Waals surface area contributed by atoms with Crippen LogP contribution in [0, 0.1) is 0 Å². The highest BCUT2D eigenvalue weighted by Crippen LogP contribution is 2.16. The van der Waals surface area contributed by atoms with E-state index >= 15 is 0 Å². The third-order valence-corrected chi connectivity index (χ3v) is 3.51. The van der Waals surface area contributed by atoms with Crippen molar-refractivity contribution in [1.29, 1.82) is 0 Å². The first-order valence-electron chi connectivity index (χ1n) is 7.73. The molecule has 1 fully saturated rings. The highest BCUT2D eigenvalue weighted by Gasteiger charge is 2.15. The van der Waals surface area contributed by atoms with Gasteiger partial charge < -0.3 is 21.7 Å². The predicted octanol–water partition coefficient (Wildman–Crippen LogP) is 1.29. The predicted molar refractivity (Wildman–Crippen MR) is 86.6 cm³/mol. The molecule has 0 saturated heterocycles. The average molecular weight is 321 g/mol. The zero-order valence-corrected chi connectivity index (χ0v) is 13.5. The van der Waals surface area contributed by atoms with Gasteiger partial charge in [0.05, 0.1) is 0 Å². The highest BCUT2D eigenvalue weighted by molar-refractivity contribution is 5.85. The van der Waals surface area contributed by atoms with Crippen molar-refractivity contribution in [3.05, 3.63) is 0 Å². The van der Waals surface area contributed by atoms with E-state index in [-0.39, 0.29) is 24.3 Å². The molecule has 1 saturated carbocycles. The summed E-state index contributed by atoms with van der Waals surface area (Å²) in [5.41, 5.74) is 5.34. The summed E-state index contributed by atoms with van der Waals surface area (Å²) in [7, 11) is 0. The first-order valence-corrected chi connectivity index (χ1v) is 7.73. The number of carbonyl (C=O) groups is 2. The number of nitrogens with two attached hydrogens (primary N) is 1. The number of rotatable bonds is 8. The van der Waals surface area contributed by atoms with E-state index in [2.05, 4.69) is 16.0 Å². The number of urea groups is 1. The largest absolute Gasteiger partial charge is 0.356 e. The second kappa shape index (κ2) is 12.7. The Morgan fingerprint density at radius 2 is 1.67 bits per heavy atom. The Labute approximate surface area is 133 Å². The molecular formula is C14H29ClN4O2. The minimum absolute atomic E-state index is 0. The molecule has 0 unspecified atom stereocenters. The second-order valence-electron chi connectivity index (χ2n) is 5.33. The molecule has 0 radical (unpaired) electrons. The summed E-state index contributed by atoms with van der Waals surface area (Å²) in [6.45, 7) is 1.75. The first kappa shape index (κ1) is 20.0. The molecule has 7 heteroatoms. The van der Waals surface area contributed by atoms with Crippen molar-refractivity contribution in [2.45, 2.75) is 57.4 Å². The summed E-state index contributed by atoms with van der Waals surface area (Å²) in [5.74, 6) is 0.0212. The molecule has 3 amide bonds. The Kier molecular flexibility index (Phi) is 12.1. The smallest absolute Gasteiger partial charge is 0.315 e. The molecule has 1 aliphatic rings. The maximum Gasteiger partial charge on any atom is 0.315 e. The van der Waals surface area contributed by atoms with Crippen molar-refractivity contribution in [3.63, 3.8) is 0 Å². The van der Waals surface area contributed by atoms with Crippen LogP contribution in [0.25, 0.3) is 0 Å². The van der Waals surface area contributed by atoms with Crippen LogP contribution in [0.15, 0.2) is 0 Å². The maximum atomic E-state index is 11.6. The number of hydrogen-bond donors (Lipinski definition) is 4. The summed E-state index contributed by atoms with van der Waals surface area (Å²) >= 11 is 0. The monoisotopic (exact) mass is 320 g/mol. The number of amides is 3. The normalized spacial score (nSPS) is 14.9. The van der Waals surface area contributed by atoms with Crippen LogP contribution >= 0.6 is 12.4 Å². The first-order chi connectivity index (χ1) is 9.72. The van der Waals surface area contributed by atoms with E-state index in [0.29, 0.717) is 38.5 Å². The molecule has 0 heterocycles. The molecule has 0 aliphatic heterocycles. The Hall–Kier alpha value is -1.01. The standard InChI is InChI=1S/C14H28N4O2.ClH/c15-9-5-11-16-13(19)8-4-10-17-14(20)18-12-6-2-1-3-7-12;/h12H,1-11,15H2,(H,16,19)(H2,17,18,20);1H. The van der Waals surface area contributed by atoms with Crippen molar-refractivity contribution in [3.8, 4) is 0 Å². The van der Waals surface area contributed by atoms with Crippen molar-refractivity contribution >= 4 is 24.3 Å². The summed E-state index contributed by atoms with van der Waals surface area (Å²) in [5, 5.41) is 8.58. The zero-order chi connectivity index (χ0) is 14.6. The van der Waals surface area contributed by atoms with Crippen molar-refractivity contribution < 1.29 is 9.59 Å². The van der Waals surface area contributed by atoms with E-state index in [1.165, 1.54) is 19.3 Å². The van der Waals surface area contributed by atoms with Crippen LogP contribution in [0.1, 0.15) is 51.4 Å². The van der Waals surface area contributed by atoms with Crippen LogP contribution < -0.4 is 21.7 Å². The Balaban J connectivity index is 0.00000400. The molecule has 5 N–H and O–H groups in total. The van der Waals surface area contributed by atoms with Gasteiger partial charge in [-0.05, 0) is 32.2 Å². The van der Waals surface area contributed by atoms with Gasteiger partial charge in [-0.3, -0.25) is 4.79 Å². The lowest BCUT2D eigenvalue weighted by Crippen LogP contribution is -2.43. The number of carbonyl (C=O) groups excluding carboxylic acids is 2. The van der Waals surface area contributed by atoms with Gasteiger partial charge >= 0.3 is 6.03 Å². The van der Waals surface area contributed by atoms with Gasteiger partial charge in [-0.15, -0.1) is 12.4 Å². The topological polar surface area (TPSA) is 96.2 Å². The molecule has 6 nitrogen and oxygen atoms in total. The molecule has 1 rings (SSSR count). The molecule has 0 aromatic rings. The van der Waals surface area contributed by atoms with E-state index in [1.54, 1.807) is 0 Å². The van der Waals surface area contributed by atoms with Gasteiger partial charge in [-0.2, -0.15) is 0 Å². The van der Waals surface area contributed by atoms with Crippen LogP contribution in [-0.4, -0.2) is 37.6 Å². The van der Waals surface area contributed by atoms with Gasteiger partial charge in [0.15, 0.2) is 0 Å². The fraction of sp³-hybridized carbons (Fsp3) is 0.857. The molecule has 0 bridgehead atoms. The van der Waals surface area contributed by atoms with Crippen LogP contribution in [0.3, 0.4) is 0 Å². The number of nitrogens with one attached hydrogen (secondary N) is 3. The number of halogens is 1. The molecule has 21 heavy (non-hydrogen) atoms. The van der Waals surface area contributed by atoms with Crippen LogP contribution in [-0.2, 0) is 4.79 Å². The summed E-state index contributed by atoms with van der Waals surface area (Å²) in [4.78, 5) is 23.0. The fourth-order valence-corrected chi connectivity index (χ4v) is 2.35. The van der Waals surface area contributed by atoms with Crippen LogP contribution in [0.4, 0.5) is 4.79 Å². The van der Waals surface area contributed by atoms with Gasteiger partial charge in [-0.1, -0.05) is 19.3 Å². The fourth-order valence-electron chi connectivity index (χ4n) is 2.35. The van der Waals surface area contributed by atoms with Crippen LogP contribution in [0.5, 0.6) is 0 Å². The van der Waals surface area contributed by atoms with E-state index in [1.807, 2.05) is 0 Å². The van der Waals surface area contributed by atoms with Gasteiger partial charge in [0, 0.05) is 25.6 Å². The third-order valence-electron chi connectivity index (χ3n) is 3.51. The Morgan fingerprint density at radius 1 is 1.00 bits per heavy atom. The Morgan fingerprint density at radius 3 is 2.33 bits per heavy atom. The lowest BCUT2D eigenvalue weighted by atomic mass is 9.96. The minimum atomic E-state index is -0.111. The van der Waals surface area contributed by atoms with Gasteiger partial charge in [0.1, 0.15) is 0 Å². The molecule has 0 aromatic heterocycles. The van der Waals surface area contributed by atoms with Gasteiger partial charge in [0.25, 0.3) is 0 Å². The van der Waals surface area contributed by atoms with E-state index in [9.17, 15) is 9.59 Å². The molecule has 0 aromatic carbocycles. The highest BCUT2D eigenvalue weighted by atomic mass is 35.5. The third kappa shape index (κ3) is 10.4.